The number of thiazole rings is 1. The van der Waals surface area contributed by atoms with Gasteiger partial charge in [0.1, 0.15) is 6.07 Å². The predicted molar refractivity (Wildman–Crippen MR) is 67.1 cm³/mol. The van der Waals surface area contributed by atoms with Crippen LogP contribution in [0.25, 0.3) is 0 Å². The molecule has 0 radical (unpaired) electrons. The standard InChI is InChI=1S/C6H6ClN.C4H3N3S/c7-5-2-1-3-6(8)4-5;5-1-3-2-8-4(6)7-3/h1-4H,8H2;2H,(H2,6,7). The van der Waals surface area contributed by atoms with Crippen molar-refractivity contribution in [2.24, 2.45) is 0 Å². The van der Waals surface area contributed by atoms with Gasteiger partial charge in [-0.25, -0.2) is 4.98 Å². The maximum absolute atomic E-state index is 8.19. The topological polar surface area (TPSA) is 88.7 Å². The summed E-state index contributed by atoms with van der Waals surface area (Å²) >= 11 is 6.84. The van der Waals surface area contributed by atoms with Crippen molar-refractivity contribution < 1.29 is 0 Å². The Balaban J connectivity index is 0.000000160. The molecule has 16 heavy (non-hydrogen) atoms. The van der Waals surface area contributed by atoms with Crippen molar-refractivity contribution in [2.75, 3.05) is 11.5 Å². The highest BCUT2D eigenvalue weighted by Crippen LogP contribution is 2.10. The minimum absolute atomic E-state index is 0.396. The van der Waals surface area contributed by atoms with Crippen LogP contribution in [0, 0.1) is 11.3 Å². The van der Waals surface area contributed by atoms with Crippen molar-refractivity contribution >= 4 is 33.8 Å². The molecule has 2 rings (SSSR count). The van der Waals surface area contributed by atoms with Gasteiger partial charge < -0.3 is 11.5 Å². The van der Waals surface area contributed by atoms with Crippen molar-refractivity contribution in [3.8, 4) is 6.07 Å². The van der Waals surface area contributed by atoms with Crippen LogP contribution in [0.3, 0.4) is 0 Å². The first-order valence-electron chi connectivity index (χ1n) is 4.24. The Labute approximate surface area is 102 Å². The number of hydrogen-bond donors (Lipinski definition) is 2. The van der Waals surface area contributed by atoms with Crippen LogP contribution >= 0.6 is 22.9 Å². The zero-order chi connectivity index (χ0) is 12.0. The summed E-state index contributed by atoms with van der Waals surface area (Å²) in [5.41, 5.74) is 11.7. The van der Waals surface area contributed by atoms with Gasteiger partial charge in [-0.3, -0.25) is 0 Å². The molecule has 0 saturated heterocycles. The molecule has 4 N–H and O–H groups in total. The minimum atomic E-state index is 0.396. The van der Waals surface area contributed by atoms with Crippen LogP contribution in [-0.2, 0) is 0 Å². The number of benzene rings is 1. The highest BCUT2D eigenvalue weighted by Gasteiger charge is 1.92. The SMILES string of the molecule is N#Cc1csc(N)n1.Nc1cccc(Cl)c1. The highest BCUT2D eigenvalue weighted by molar-refractivity contribution is 7.13. The third-order valence-electron chi connectivity index (χ3n) is 1.49. The van der Waals surface area contributed by atoms with E-state index < -0.39 is 0 Å². The quantitative estimate of drug-likeness (QED) is 0.705. The molecule has 6 heteroatoms. The van der Waals surface area contributed by atoms with E-state index in [0.717, 1.165) is 0 Å². The lowest BCUT2D eigenvalue weighted by molar-refractivity contribution is 1.34. The van der Waals surface area contributed by atoms with Crippen molar-refractivity contribution in [2.45, 2.75) is 0 Å². The van der Waals surface area contributed by atoms with Crippen LogP contribution in [0.5, 0.6) is 0 Å². The maximum Gasteiger partial charge on any atom is 0.181 e. The third kappa shape index (κ3) is 4.17. The number of nitrogen functional groups attached to an aromatic ring is 2. The smallest absolute Gasteiger partial charge is 0.181 e. The van der Waals surface area contributed by atoms with Gasteiger partial charge in [0.05, 0.1) is 0 Å². The largest absolute Gasteiger partial charge is 0.399 e. The molecule has 0 amide bonds. The van der Waals surface area contributed by atoms with E-state index >= 15 is 0 Å². The molecular weight excluding hydrogens is 244 g/mol. The molecule has 82 valence electrons. The second kappa shape index (κ2) is 5.95. The average Bonchev–Trinajstić information content (AvgIpc) is 2.65. The fourth-order valence-corrected chi connectivity index (χ4v) is 1.53. The van der Waals surface area contributed by atoms with Gasteiger partial charge in [-0.1, -0.05) is 17.7 Å². The van der Waals surface area contributed by atoms with E-state index in [-0.39, 0.29) is 0 Å². The van der Waals surface area contributed by atoms with Gasteiger partial charge in [-0.2, -0.15) is 5.26 Å². The Morgan fingerprint density at radius 2 is 2.12 bits per heavy atom. The molecule has 0 aliphatic heterocycles. The van der Waals surface area contributed by atoms with E-state index in [2.05, 4.69) is 4.98 Å². The number of nitrogens with two attached hydrogens (primary N) is 2. The second-order valence-electron chi connectivity index (χ2n) is 2.74. The average molecular weight is 253 g/mol. The Kier molecular flexibility index (Phi) is 4.58. The molecule has 4 nitrogen and oxygen atoms in total. The molecular formula is C10H9ClN4S. The van der Waals surface area contributed by atoms with E-state index in [1.807, 2.05) is 12.1 Å². The van der Waals surface area contributed by atoms with Crippen molar-refractivity contribution in [3.05, 3.63) is 40.4 Å². The molecule has 2 aromatic rings. The maximum atomic E-state index is 8.19. The van der Waals surface area contributed by atoms with E-state index in [1.165, 1.54) is 11.3 Å². The van der Waals surface area contributed by atoms with Crippen LogP contribution < -0.4 is 11.5 Å². The molecule has 0 bridgehead atoms. The van der Waals surface area contributed by atoms with Crippen molar-refractivity contribution in [1.82, 2.24) is 4.98 Å². The monoisotopic (exact) mass is 252 g/mol. The number of rotatable bonds is 0. The number of aromatic nitrogens is 1. The zero-order valence-electron chi connectivity index (χ0n) is 8.22. The Morgan fingerprint density at radius 3 is 2.44 bits per heavy atom. The number of nitriles is 1. The van der Waals surface area contributed by atoms with Gasteiger partial charge in [0.15, 0.2) is 10.8 Å². The molecule has 1 aromatic heterocycles. The van der Waals surface area contributed by atoms with Gasteiger partial charge in [0.2, 0.25) is 0 Å². The van der Waals surface area contributed by atoms with Crippen LogP contribution in [0.15, 0.2) is 29.6 Å². The lowest BCUT2D eigenvalue weighted by Crippen LogP contribution is -1.80. The molecule has 0 fully saturated rings. The third-order valence-corrected chi connectivity index (χ3v) is 2.39. The van der Waals surface area contributed by atoms with Crippen molar-refractivity contribution in [3.63, 3.8) is 0 Å². The summed E-state index contributed by atoms with van der Waals surface area (Å²) < 4.78 is 0. The number of nitrogens with zero attached hydrogens (tertiary/aromatic N) is 2. The molecule has 1 aromatic carbocycles. The summed E-state index contributed by atoms with van der Waals surface area (Å²) in [6.07, 6.45) is 0. The van der Waals surface area contributed by atoms with Crippen LogP contribution in [0.2, 0.25) is 5.02 Å². The second-order valence-corrected chi connectivity index (χ2v) is 4.06. The number of halogens is 1. The van der Waals surface area contributed by atoms with Gasteiger partial charge in [-0.15, -0.1) is 11.3 Å². The highest BCUT2D eigenvalue weighted by atomic mass is 35.5. The molecule has 0 saturated carbocycles. The molecule has 0 aliphatic rings. The number of anilines is 2. The summed E-state index contributed by atoms with van der Waals surface area (Å²) in [5.74, 6) is 0. The fourth-order valence-electron chi connectivity index (χ4n) is 0.846. The predicted octanol–water partition coefficient (Wildman–Crippen LogP) is 2.52. The fraction of sp³-hybridized carbons (Fsp3) is 0. The van der Waals surface area contributed by atoms with Gasteiger partial charge in [-0.05, 0) is 18.2 Å². The molecule has 0 unspecified atom stereocenters. The molecule has 0 aliphatic carbocycles. The normalized spacial score (nSPS) is 8.75. The Bertz CT molecular complexity index is 486. The zero-order valence-corrected chi connectivity index (χ0v) is 9.79. The van der Waals surface area contributed by atoms with Gasteiger partial charge in [0, 0.05) is 16.1 Å². The van der Waals surface area contributed by atoms with E-state index in [1.54, 1.807) is 23.6 Å². The summed E-state index contributed by atoms with van der Waals surface area (Å²) in [6.45, 7) is 0. The van der Waals surface area contributed by atoms with Gasteiger partial charge in [0.25, 0.3) is 0 Å². The van der Waals surface area contributed by atoms with E-state index in [0.29, 0.717) is 21.5 Å². The van der Waals surface area contributed by atoms with Crippen LogP contribution in [-0.4, -0.2) is 4.98 Å². The lowest BCUT2D eigenvalue weighted by atomic mass is 10.3. The Morgan fingerprint density at radius 1 is 1.38 bits per heavy atom. The first-order chi connectivity index (χ1) is 7.61. The lowest BCUT2D eigenvalue weighted by Gasteiger charge is -1.89. The molecule has 0 spiro atoms. The summed E-state index contributed by atoms with van der Waals surface area (Å²) in [5, 5.41) is 10.9. The van der Waals surface area contributed by atoms with Gasteiger partial charge >= 0.3 is 0 Å². The minimum Gasteiger partial charge on any atom is -0.399 e. The number of hydrogen-bond acceptors (Lipinski definition) is 5. The first-order valence-corrected chi connectivity index (χ1v) is 5.49. The van der Waals surface area contributed by atoms with Crippen LogP contribution in [0.4, 0.5) is 10.8 Å². The van der Waals surface area contributed by atoms with Crippen molar-refractivity contribution in [1.29, 1.82) is 5.26 Å². The molecule has 1 heterocycles. The Hall–Kier alpha value is -1.77. The van der Waals surface area contributed by atoms with E-state index in [4.69, 9.17) is 28.3 Å². The summed E-state index contributed by atoms with van der Waals surface area (Å²) in [7, 11) is 0. The van der Waals surface area contributed by atoms with E-state index in [9.17, 15) is 0 Å². The summed E-state index contributed by atoms with van der Waals surface area (Å²) in [4.78, 5) is 3.66. The van der Waals surface area contributed by atoms with Crippen LogP contribution in [0.1, 0.15) is 5.69 Å². The molecule has 0 atom stereocenters. The first kappa shape index (κ1) is 12.3. The summed E-state index contributed by atoms with van der Waals surface area (Å²) in [6, 6.07) is 8.98.